The van der Waals surface area contributed by atoms with E-state index in [4.69, 9.17) is 42.0 Å². The summed E-state index contributed by atoms with van der Waals surface area (Å²) in [6, 6.07) is 28.1. The average molecular weight is 695 g/mol. The Labute approximate surface area is 293 Å². The quantitative estimate of drug-likeness (QED) is 0.0887. The molecule has 0 N–H and O–H groups in total. The van der Waals surface area contributed by atoms with Gasteiger partial charge in [-0.2, -0.15) is 0 Å². The van der Waals surface area contributed by atoms with Crippen molar-refractivity contribution in [3.8, 4) is 45.6 Å². The Hall–Kier alpha value is -5.62. The second-order valence-electron chi connectivity index (χ2n) is 11.2. The van der Waals surface area contributed by atoms with Crippen LogP contribution in [0.5, 0.6) is 23.0 Å². The van der Waals surface area contributed by atoms with E-state index in [1.165, 1.54) is 26.4 Å². The SMILES string of the molecule is COc1cccc2oc(-c3ccc(OCCOCCOCCOCCOc4ccc(-c5cc(=O)c6c(OC)cccc6o5)cc4)cc3)cc(=O)c12. The molecular formula is C40H38O11. The minimum Gasteiger partial charge on any atom is -0.496 e. The third kappa shape index (κ3) is 8.95. The fourth-order valence-corrected chi connectivity index (χ4v) is 5.39. The van der Waals surface area contributed by atoms with E-state index in [2.05, 4.69) is 0 Å². The van der Waals surface area contributed by atoms with Gasteiger partial charge in [-0.05, 0) is 72.8 Å². The van der Waals surface area contributed by atoms with Crippen LogP contribution in [0.1, 0.15) is 0 Å². The van der Waals surface area contributed by atoms with Crippen LogP contribution < -0.4 is 29.8 Å². The van der Waals surface area contributed by atoms with Gasteiger partial charge in [0.15, 0.2) is 10.9 Å². The van der Waals surface area contributed by atoms with Gasteiger partial charge in [0, 0.05) is 23.3 Å². The molecule has 0 aliphatic rings. The standard InChI is InChI=1S/C40H38O11/c1-43-33-5-3-7-35-39(33)31(41)25-37(50-35)27-9-13-29(14-10-27)48-23-21-46-19-17-45-18-20-47-22-24-49-30-15-11-28(12-16-30)38-26-32(42)40-34(44-2)6-4-8-36(40)51-38/h3-16,25-26H,17-24H2,1-2H3. The molecule has 51 heavy (non-hydrogen) atoms. The fourth-order valence-electron chi connectivity index (χ4n) is 5.39. The van der Waals surface area contributed by atoms with Gasteiger partial charge in [0.2, 0.25) is 0 Å². The lowest BCUT2D eigenvalue weighted by Gasteiger charge is -2.10. The zero-order valence-electron chi connectivity index (χ0n) is 28.4. The van der Waals surface area contributed by atoms with Gasteiger partial charge in [0.1, 0.15) is 69.7 Å². The van der Waals surface area contributed by atoms with Gasteiger partial charge in [-0.15, -0.1) is 0 Å². The van der Waals surface area contributed by atoms with Gasteiger partial charge >= 0.3 is 0 Å². The first-order chi connectivity index (χ1) is 25.0. The molecule has 6 aromatic rings. The molecule has 0 amide bonds. The predicted molar refractivity (Wildman–Crippen MR) is 192 cm³/mol. The molecule has 0 saturated carbocycles. The molecule has 0 saturated heterocycles. The highest BCUT2D eigenvalue weighted by Gasteiger charge is 2.13. The number of rotatable bonds is 18. The van der Waals surface area contributed by atoms with Crippen LogP contribution in [-0.2, 0) is 14.2 Å². The van der Waals surface area contributed by atoms with Crippen molar-refractivity contribution >= 4 is 21.9 Å². The molecule has 0 atom stereocenters. The minimum atomic E-state index is -0.165. The Morgan fingerprint density at radius 2 is 0.843 bits per heavy atom. The average Bonchev–Trinajstić information content (AvgIpc) is 3.16. The first kappa shape index (κ1) is 35.2. The van der Waals surface area contributed by atoms with Crippen molar-refractivity contribution in [3.63, 3.8) is 0 Å². The summed E-state index contributed by atoms with van der Waals surface area (Å²) in [6.45, 7) is 3.33. The highest BCUT2D eigenvalue weighted by molar-refractivity contribution is 5.85. The molecule has 2 heterocycles. The van der Waals surface area contributed by atoms with Crippen molar-refractivity contribution in [2.24, 2.45) is 0 Å². The first-order valence-electron chi connectivity index (χ1n) is 16.5. The molecule has 4 aromatic carbocycles. The van der Waals surface area contributed by atoms with Gasteiger partial charge in [-0.1, -0.05) is 12.1 Å². The minimum absolute atomic E-state index is 0.165. The zero-order chi connectivity index (χ0) is 35.4. The Bertz CT molecular complexity index is 2000. The number of hydrogen-bond donors (Lipinski definition) is 0. The third-order valence-corrected chi connectivity index (χ3v) is 7.89. The largest absolute Gasteiger partial charge is 0.496 e. The van der Waals surface area contributed by atoms with Crippen molar-refractivity contribution in [2.75, 3.05) is 67.1 Å². The molecule has 0 aliphatic heterocycles. The molecular weight excluding hydrogens is 656 g/mol. The molecule has 0 aliphatic carbocycles. The van der Waals surface area contributed by atoms with E-state index in [0.717, 1.165) is 11.1 Å². The summed E-state index contributed by atoms with van der Waals surface area (Å²) in [4.78, 5) is 25.4. The lowest BCUT2D eigenvalue weighted by molar-refractivity contribution is 0.00499. The van der Waals surface area contributed by atoms with Crippen LogP contribution in [0.4, 0.5) is 0 Å². The summed E-state index contributed by atoms with van der Waals surface area (Å²) in [5, 5.41) is 0.841. The van der Waals surface area contributed by atoms with Gasteiger partial charge in [-0.3, -0.25) is 9.59 Å². The van der Waals surface area contributed by atoms with Crippen LogP contribution in [0.2, 0.25) is 0 Å². The van der Waals surface area contributed by atoms with Crippen LogP contribution in [0.25, 0.3) is 44.6 Å². The van der Waals surface area contributed by atoms with Crippen LogP contribution in [0.3, 0.4) is 0 Å². The number of ether oxygens (including phenoxy) is 7. The van der Waals surface area contributed by atoms with E-state index >= 15 is 0 Å². The third-order valence-electron chi connectivity index (χ3n) is 7.89. The number of fused-ring (bicyclic) bond motifs is 2. The predicted octanol–water partition coefficient (Wildman–Crippen LogP) is 6.76. The molecule has 0 radical (unpaired) electrons. The Balaban J connectivity index is 0.808. The van der Waals surface area contributed by atoms with Gasteiger partial charge in [-0.25, -0.2) is 0 Å². The first-order valence-corrected chi connectivity index (χ1v) is 16.5. The molecule has 11 nitrogen and oxygen atoms in total. The second kappa shape index (κ2) is 17.3. The highest BCUT2D eigenvalue weighted by Crippen LogP contribution is 2.29. The topological polar surface area (TPSA) is 125 Å². The van der Waals surface area contributed by atoms with Crippen LogP contribution in [0.15, 0.2) is 115 Å². The van der Waals surface area contributed by atoms with Crippen molar-refractivity contribution < 1.29 is 42.0 Å². The molecule has 264 valence electrons. The Morgan fingerprint density at radius 1 is 0.471 bits per heavy atom. The summed E-state index contributed by atoms with van der Waals surface area (Å²) < 4.78 is 50.8. The summed E-state index contributed by atoms with van der Waals surface area (Å²) in [5.41, 5.74) is 2.13. The Morgan fingerprint density at radius 3 is 1.22 bits per heavy atom. The zero-order valence-corrected chi connectivity index (χ0v) is 28.4. The highest BCUT2D eigenvalue weighted by atomic mass is 16.6. The smallest absolute Gasteiger partial charge is 0.197 e. The fraction of sp³-hybridized carbons (Fsp3) is 0.250. The summed E-state index contributed by atoms with van der Waals surface area (Å²) >= 11 is 0. The van der Waals surface area contributed by atoms with E-state index in [0.29, 0.717) is 109 Å². The maximum Gasteiger partial charge on any atom is 0.197 e. The van der Waals surface area contributed by atoms with Gasteiger partial charge in [0.05, 0.1) is 53.9 Å². The molecule has 6 rings (SSSR count). The lowest BCUT2D eigenvalue weighted by atomic mass is 10.1. The number of hydrogen-bond acceptors (Lipinski definition) is 11. The maximum absolute atomic E-state index is 12.7. The number of methoxy groups -OCH3 is 2. The van der Waals surface area contributed by atoms with Crippen LogP contribution >= 0.6 is 0 Å². The Kier molecular flexibility index (Phi) is 12.0. The normalized spacial score (nSPS) is 11.2. The van der Waals surface area contributed by atoms with E-state index in [-0.39, 0.29) is 10.9 Å². The summed E-state index contributed by atoms with van der Waals surface area (Å²) in [6.07, 6.45) is 0. The van der Waals surface area contributed by atoms with E-state index in [1.807, 2.05) is 48.5 Å². The molecule has 0 unspecified atom stereocenters. The van der Waals surface area contributed by atoms with Crippen LogP contribution in [0, 0.1) is 0 Å². The van der Waals surface area contributed by atoms with Crippen molar-refractivity contribution in [2.45, 2.75) is 0 Å². The second-order valence-corrected chi connectivity index (χ2v) is 11.2. The van der Waals surface area contributed by atoms with E-state index in [9.17, 15) is 9.59 Å². The van der Waals surface area contributed by atoms with E-state index < -0.39 is 0 Å². The summed E-state index contributed by atoms with van der Waals surface area (Å²) in [5.74, 6) is 3.26. The van der Waals surface area contributed by atoms with Gasteiger partial charge in [0.25, 0.3) is 0 Å². The van der Waals surface area contributed by atoms with Crippen molar-refractivity contribution in [1.29, 1.82) is 0 Å². The van der Waals surface area contributed by atoms with Crippen molar-refractivity contribution in [3.05, 3.63) is 118 Å². The molecule has 0 spiro atoms. The molecule has 2 aromatic heterocycles. The lowest BCUT2D eigenvalue weighted by Crippen LogP contribution is -2.14. The maximum atomic E-state index is 12.7. The molecule has 0 bridgehead atoms. The number of benzene rings is 4. The van der Waals surface area contributed by atoms with Crippen LogP contribution in [-0.4, -0.2) is 67.1 Å². The van der Waals surface area contributed by atoms with Crippen molar-refractivity contribution in [1.82, 2.24) is 0 Å². The van der Waals surface area contributed by atoms with Gasteiger partial charge < -0.3 is 42.0 Å². The monoisotopic (exact) mass is 694 g/mol. The summed E-state index contributed by atoms with van der Waals surface area (Å²) in [7, 11) is 3.05. The molecule has 11 heteroatoms. The van der Waals surface area contributed by atoms with E-state index in [1.54, 1.807) is 36.4 Å². The molecule has 0 fully saturated rings.